The Morgan fingerprint density at radius 2 is 2.20 bits per heavy atom. The van der Waals surface area contributed by atoms with E-state index in [-0.39, 0.29) is 5.75 Å². The topological polar surface area (TPSA) is 29.5 Å². The molecule has 0 heterocycles. The average Bonchev–Trinajstić information content (AvgIpc) is 2.17. The average molecular weight is 206 g/mol. The molecule has 15 heavy (non-hydrogen) atoms. The Labute approximate surface area is 90.9 Å². The molecule has 2 heteroatoms. The molecule has 1 aliphatic carbocycles. The summed E-state index contributed by atoms with van der Waals surface area (Å²) in [6.07, 6.45) is 3.45. The molecule has 0 amide bonds. The Bertz CT molecular complexity index is 383. The number of phenols is 1. The van der Waals surface area contributed by atoms with Crippen molar-refractivity contribution in [1.29, 1.82) is 0 Å². The summed E-state index contributed by atoms with van der Waals surface area (Å²) in [7, 11) is 1.63. The normalized spacial score (nSPS) is 19.8. The number of methoxy groups -OCH3 is 1. The second-order valence-corrected chi connectivity index (χ2v) is 4.43. The van der Waals surface area contributed by atoms with Gasteiger partial charge in [-0.1, -0.05) is 6.92 Å². The molecule has 1 aromatic rings. The lowest BCUT2D eigenvalue weighted by Gasteiger charge is -2.26. The quantitative estimate of drug-likeness (QED) is 0.764. The zero-order valence-electron chi connectivity index (χ0n) is 9.63. The van der Waals surface area contributed by atoms with E-state index in [2.05, 4.69) is 13.8 Å². The molecule has 0 spiro atoms. The highest BCUT2D eigenvalue weighted by molar-refractivity contribution is 5.55. The van der Waals surface area contributed by atoms with Gasteiger partial charge < -0.3 is 9.84 Å². The molecule has 1 aromatic carbocycles. The van der Waals surface area contributed by atoms with Crippen molar-refractivity contribution < 1.29 is 9.84 Å². The predicted molar refractivity (Wildman–Crippen MR) is 60.7 cm³/mol. The van der Waals surface area contributed by atoms with E-state index in [9.17, 15) is 5.11 Å². The maximum Gasteiger partial charge on any atom is 0.163 e. The van der Waals surface area contributed by atoms with Crippen LogP contribution in [0.2, 0.25) is 0 Å². The van der Waals surface area contributed by atoms with Crippen molar-refractivity contribution in [2.45, 2.75) is 39.0 Å². The molecule has 0 saturated heterocycles. The first-order chi connectivity index (χ1) is 7.15. The zero-order valence-corrected chi connectivity index (χ0v) is 9.63. The monoisotopic (exact) mass is 206 g/mol. The lowest BCUT2D eigenvalue weighted by atomic mass is 9.81. The summed E-state index contributed by atoms with van der Waals surface area (Å²) in [4.78, 5) is 0. The molecule has 2 nitrogen and oxygen atoms in total. The summed E-state index contributed by atoms with van der Waals surface area (Å²) < 4.78 is 5.30. The highest BCUT2D eigenvalue weighted by Gasteiger charge is 2.23. The smallest absolute Gasteiger partial charge is 0.163 e. The number of benzene rings is 1. The van der Waals surface area contributed by atoms with Gasteiger partial charge in [-0.15, -0.1) is 0 Å². The Morgan fingerprint density at radius 3 is 2.87 bits per heavy atom. The maximum atomic E-state index is 9.81. The second kappa shape index (κ2) is 3.76. The van der Waals surface area contributed by atoms with Crippen molar-refractivity contribution in [3.05, 3.63) is 22.8 Å². The van der Waals surface area contributed by atoms with Crippen LogP contribution < -0.4 is 4.74 Å². The van der Waals surface area contributed by atoms with Crippen molar-refractivity contribution in [1.82, 2.24) is 0 Å². The van der Waals surface area contributed by atoms with E-state index in [0.29, 0.717) is 11.7 Å². The highest BCUT2D eigenvalue weighted by Crippen LogP contribution is 2.43. The molecule has 1 aliphatic rings. The fourth-order valence-electron chi connectivity index (χ4n) is 2.75. The van der Waals surface area contributed by atoms with Gasteiger partial charge in [-0.2, -0.15) is 0 Å². The molecule has 1 N–H and O–H groups in total. The summed E-state index contributed by atoms with van der Waals surface area (Å²) in [6, 6.07) is 1.82. The van der Waals surface area contributed by atoms with Gasteiger partial charge in [0.2, 0.25) is 0 Å². The van der Waals surface area contributed by atoms with Crippen LogP contribution in [0.1, 0.15) is 42.4 Å². The molecular weight excluding hydrogens is 188 g/mol. The first-order valence-electron chi connectivity index (χ1n) is 5.54. The van der Waals surface area contributed by atoms with Gasteiger partial charge in [-0.25, -0.2) is 0 Å². The van der Waals surface area contributed by atoms with E-state index in [4.69, 9.17) is 4.74 Å². The molecule has 0 aromatic heterocycles. The van der Waals surface area contributed by atoms with Crippen LogP contribution in [0.3, 0.4) is 0 Å². The highest BCUT2D eigenvalue weighted by atomic mass is 16.5. The van der Waals surface area contributed by atoms with E-state index in [1.54, 1.807) is 7.11 Å². The minimum atomic E-state index is 0.280. The minimum absolute atomic E-state index is 0.280. The Balaban J connectivity index is 2.65. The van der Waals surface area contributed by atoms with Crippen molar-refractivity contribution in [2.75, 3.05) is 7.11 Å². The number of aryl methyl sites for hydroxylation is 1. The first kappa shape index (κ1) is 10.3. The number of hydrogen-bond acceptors (Lipinski definition) is 2. The number of fused-ring (bicyclic) bond motifs is 1. The van der Waals surface area contributed by atoms with E-state index < -0.39 is 0 Å². The van der Waals surface area contributed by atoms with Gasteiger partial charge in [0, 0.05) is 5.56 Å². The van der Waals surface area contributed by atoms with E-state index in [1.165, 1.54) is 29.5 Å². The summed E-state index contributed by atoms with van der Waals surface area (Å²) in [6.45, 7) is 4.32. The van der Waals surface area contributed by atoms with E-state index >= 15 is 0 Å². The fourth-order valence-corrected chi connectivity index (χ4v) is 2.75. The van der Waals surface area contributed by atoms with Crippen LogP contribution in [0.25, 0.3) is 0 Å². The third kappa shape index (κ3) is 1.58. The van der Waals surface area contributed by atoms with E-state index in [0.717, 1.165) is 6.42 Å². The van der Waals surface area contributed by atoms with Crippen LogP contribution >= 0.6 is 0 Å². The van der Waals surface area contributed by atoms with Gasteiger partial charge >= 0.3 is 0 Å². The van der Waals surface area contributed by atoms with Crippen molar-refractivity contribution in [3.63, 3.8) is 0 Å². The third-order valence-electron chi connectivity index (χ3n) is 3.37. The van der Waals surface area contributed by atoms with Gasteiger partial charge in [0.05, 0.1) is 7.11 Å². The first-order valence-corrected chi connectivity index (χ1v) is 5.54. The minimum Gasteiger partial charge on any atom is -0.504 e. The van der Waals surface area contributed by atoms with Crippen LogP contribution in [0.15, 0.2) is 6.07 Å². The number of aromatic hydroxyl groups is 1. The van der Waals surface area contributed by atoms with Crippen molar-refractivity contribution in [3.8, 4) is 11.5 Å². The summed E-state index contributed by atoms with van der Waals surface area (Å²) in [5.74, 6) is 1.55. The van der Waals surface area contributed by atoms with Crippen LogP contribution in [-0.2, 0) is 6.42 Å². The molecule has 0 fully saturated rings. The Morgan fingerprint density at radius 1 is 1.47 bits per heavy atom. The number of rotatable bonds is 1. The van der Waals surface area contributed by atoms with Crippen LogP contribution in [-0.4, -0.2) is 12.2 Å². The zero-order chi connectivity index (χ0) is 11.0. The second-order valence-electron chi connectivity index (χ2n) is 4.43. The maximum absolute atomic E-state index is 9.81. The van der Waals surface area contributed by atoms with Gasteiger partial charge in [0.1, 0.15) is 0 Å². The lowest BCUT2D eigenvalue weighted by Crippen LogP contribution is -2.10. The van der Waals surface area contributed by atoms with Gasteiger partial charge in [-0.05, 0) is 49.3 Å². The molecule has 1 atom stereocenters. The third-order valence-corrected chi connectivity index (χ3v) is 3.37. The Kier molecular flexibility index (Phi) is 2.59. The molecule has 1 unspecified atom stereocenters. The van der Waals surface area contributed by atoms with Gasteiger partial charge in [0.25, 0.3) is 0 Å². The summed E-state index contributed by atoms with van der Waals surface area (Å²) in [5.41, 5.74) is 3.79. The summed E-state index contributed by atoms with van der Waals surface area (Å²) >= 11 is 0. The molecule has 82 valence electrons. The van der Waals surface area contributed by atoms with Crippen molar-refractivity contribution >= 4 is 0 Å². The number of phenolic OH excluding ortho intramolecular Hbond substituents is 1. The largest absolute Gasteiger partial charge is 0.504 e. The molecular formula is C13H18O2. The van der Waals surface area contributed by atoms with Gasteiger partial charge in [0.15, 0.2) is 11.5 Å². The Hall–Kier alpha value is -1.18. The number of hydrogen-bond donors (Lipinski definition) is 1. The standard InChI is InChI=1S/C13H18O2/c1-8-5-4-6-10-12(8)9(2)7-11(14)13(10)15-3/h7-8,14H,4-6H2,1-3H3. The van der Waals surface area contributed by atoms with Gasteiger partial charge in [-0.3, -0.25) is 0 Å². The van der Waals surface area contributed by atoms with Crippen molar-refractivity contribution in [2.24, 2.45) is 0 Å². The molecule has 0 radical (unpaired) electrons. The molecule has 0 aliphatic heterocycles. The lowest BCUT2D eigenvalue weighted by molar-refractivity contribution is 0.364. The van der Waals surface area contributed by atoms with Crippen LogP contribution in [0.4, 0.5) is 0 Å². The number of ether oxygens (including phenoxy) is 1. The summed E-state index contributed by atoms with van der Waals surface area (Å²) in [5, 5.41) is 9.81. The van der Waals surface area contributed by atoms with E-state index in [1.807, 2.05) is 6.07 Å². The molecule has 0 saturated carbocycles. The predicted octanol–water partition coefficient (Wildman–Crippen LogP) is 3.15. The van der Waals surface area contributed by atoms with Crippen LogP contribution in [0.5, 0.6) is 11.5 Å². The molecule has 0 bridgehead atoms. The molecule has 2 rings (SSSR count). The fraction of sp³-hybridized carbons (Fsp3) is 0.538. The van der Waals surface area contributed by atoms with Crippen LogP contribution in [0, 0.1) is 6.92 Å². The SMILES string of the molecule is COc1c(O)cc(C)c2c1CCCC2C.